The van der Waals surface area contributed by atoms with Gasteiger partial charge in [0.1, 0.15) is 5.82 Å². The minimum Gasteiger partial charge on any atom is -0.357 e. The molecular weight excluding hydrogens is 246 g/mol. The second kappa shape index (κ2) is 6.13. The van der Waals surface area contributed by atoms with Gasteiger partial charge in [0.25, 0.3) is 0 Å². The molecule has 1 N–H and O–H groups in total. The molecule has 112 valence electrons. The van der Waals surface area contributed by atoms with Crippen LogP contribution in [-0.4, -0.2) is 31.2 Å². The van der Waals surface area contributed by atoms with Gasteiger partial charge in [-0.1, -0.05) is 26.8 Å². The van der Waals surface area contributed by atoms with E-state index in [0.29, 0.717) is 12.1 Å². The quantitative estimate of drug-likeness (QED) is 0.917. The highest BCUT2D eigenvalue weighted by Gasteiger charge is 2.24. The molecule has 1 aromatic rings. The lowest BCUT2D eigenvalue weighted by Gasteiger charge is -2.35. The third-order valence-electron chi connectivity index (χ3n) is 4.63. The van der Waals surface area contributed by atoms with Gasteiger partial charge in [-0.05, 0) is 49.8 Å². The maximum Gasteiger partial charge on any atom is 0.128 e. The second-order valence-corrected chi connectivity index (χ2v) is 7.06. The maximum atomic E-state index is 4.67. The molecule has 0 unspecified atom stereocenters. The fourth-order valence-corrected chi connectivity index (χ4v) is 2.98. The van der Waals surface area contributed by atoms with E-state index in [-0.39, 0.29) is 5.41 Å². The van der Waals surface area contributed by atoms with Crippen molar-refractivity contribution in [2.75, 3.05) is 19.0 Å². The highest BCUT2D eigenvalue weighted by molar-refractivity contribution is 5.40. The summed E-state index contributed by atoms with van der Waals surface area (Å²) in [4.78, 5) is 7.03. The zero-order valence-electron chi connectivity index (χ0n) is 13.6. The Morgan fingerprint density at radius 2 is 1.80 bits per heavy atom. The minimum atomic E-state index is 0.176. The molecule has 1 aromatic heterocycles. The minimum absolute atomic E-state index is 0.176. The molecule has 0 amide bonds. The summed E-state index contributed by atoms with van der Waals surface area (Å²) in [5.74, 6) is 1.10. The lowest BCUT2D eigenvalue weighted by Crippen LogP contribution is -2.40. The van der Waals surface area contributed by atoms with Gasteiger partial charge in [-0.3, -0.25) is 0 Å². The van der Waals surface area contributed by atoms with E-state index in [0.717, 1.165) is 5.82 Å². The van der Waals surface area contributed by atoms with E-state index in [9.17, 15) is 0 Å². The number of pyridine rings is 1. The van der Waals surface area contributed by atoms with E-state index in [2.05, 4.69) is 62.2 Å². The van der Waals surface area contributed by atoms with Crippen molar-refractivity contribution in [3.05, 3.63) is 23.9 Å². The molecule has 3 nitrogen and oxygen atoms in total. The van der Waals surface area contributed by atoms with Crippen LogP contribution in [0.2, 0.25) is 0 Å². The summed E-state index contributed by atoms with van der Waals surface area (Å²) in [6, 6.07) is 5.73. The Morgan fingerprint density at radius 1 is 1.15 bits per heavy atom. The molecule has 0 bridgehead atoms. The average Bonchev–Trinajstić information content (AvgIpc) is 2.46. The van der Waals surface area contributed by atoms with Gasteiger partial charge < -0.3 is 10.2 Å². The molecule has 0 spiro atoms. The molecule has 0 aliphatic heterocycles. The van der Waals surface area contributed by atoms with E-state index in [1.165, 1.54) is 31.2 Å². The van der Waals surface area contributed by atoms with Crippen LogP contribution in [0.4, 0.5) is 5.82 Å². The third kappa shape index (κ3) is 3.51. The molecule has 20 heavy (non-hydrogen) atoms. The first-order valence-electron chi connectivity index (χ1n) is 7.78. The summed E-state index contributed by atoms with van der Waals surface area (Å²) in [6.45, 7) is 6.69. The maximum absolute atomic E-state index is 4.67. The molecular formula is C17H29N3. The predicted octanol–water partition coefficient (Wildman–Crippen LogP) is 3.35. The number of nitrogens with one attached hydrogen (secondary N) is 1. The van der Waals surface area contributed by atoms with Gasteiger partial charge in [0.2, 0.25) is 0 Å². The third-order valence-corrected chi connectivity index (χ3v) is 4.63. The largest absolute Gasteiger partial charge is 0.357 e. The van der Waals surface area contributed by atoms with Crippen molar-refractivity contribution >= 4 is 5.82 Å². The highest BCUT2D eigenvalue weighted by atomic mass is 15.2. The molecule has 1 fully saturated rings. The molecule has 1 aliphatic carbocycles. The Hall–Kier alpha value is -1.09. The van der Waals surface area contributed by atoms with Gasteiger partial charge in [-0.25, -0.2) is 4.98 Å². The van der Waals surface area contributed by atoms with E-state index < -0.39 is 0 Å². The molecule has 1 saturated carbocycles. The van der Waals surface area contributed by atoms with Crippen molar-refractivity contribution in [2.45, 2.75) is 64.0 Å². The Balaban J connectivity index is 2.01. The standard InChI is InChI=1S/C17H29N3/c1-17(2,3)13-6-11-16(19-12-13)20(5)15-9-7-14(18-4)8-10-15/h6,11-12,14-15,18H,7-10H2,1-5H3. The number of hydrogen-bond acceptors (Lipinski definition) is 3. The lowest BCUT2D eigenvalue weighted by molar-refractivity contribution is 0.350. The van der Waals surface area contributed by atoms with Crippen LogP contribution in [0.1, 0.15) is 52.0 Å². The van der Waals surface area contributed by atoms with Crippen LogP contribution in [0.25, 0.3) is 0 Å². The summed E-state index contributed by atoms with van der Waals surface area (Å²) in [5, 5.41) is 3.39. The van der Waals surface area contributed by atoms with E-state index in [1.54, 1.807) is 0 Å². The van der Waals surface area contributed by atoms with Gasteiger partial charge in [0.15, 0.2) is 0 Å². The molecule has 3 heteroatoms. The Bertz CT molecular complexity index is 411. The summed E-state index contributed by atoms with van der Waals surface area (Å²) < 4.78 is 0. The van der Waals surface area contributed by atoms with Crippen molar-refractivity contribution in [2.24, 2.45) is 0 Å². The lowest BCUT2D eigenvalue weighted by atomic mass is 9.88. The van der Waals surface area contributed by atoms with Crippen molar-refractivity contribution in [1.82, 2.24) is 10.3 Å². The fourth-order valence-electron chi connectivity index (χ4n) is 2.98. The topological polar surface area (TPSA) is 28.2 Å². The summed E-state index contributed by atoms with van der Waals surface area (Å²) in [7, 11) is 4.25. The summed E-state index contributed by atoms with van der Waals surface area (Å²) in [6.07, 6.45) is 7.08. The van der Waals surface area contributed by atoms with Crippen LogP contribution in [0.15, 0.2) is 18.3 Å². The number of hydrogen-bond donors (Lipinski definition) is 1. The van der Waals surface area contributed by atoms with Gasteiger partial charge in [-0.15, -0.1) is 0 Å². The SMILES string of the molecule is CNC1CCC(N(C)c2ccc(C(C)(C)C)cn2)CC1. The molecule has 1 aliphatic rings. The summed E-state index contributed by atoms with van der Waals surface area (Å²) >= 11 is 0. The summed E-state index contributed by atoms with van der Waals surface area (Å²) in [5.41, 5.74) is 1.48. The Labute approximate surface area is 123 Å². The second-order valence-electron chi connectivity index (χ2n) is 7.06. The van der Waals surface area contributed by atoms with Crippen molar-refractivity contribution in [3.63, 3.8) is 0 Å². The van der Waals surface area contributed by atoms with Crippen LogP contribution < -0.4 is 10.2 Å². The molecule has 2 rings (SSSR count). The van der Waals surface area contributed by atoms with Crippen LogP contribution in [0, 0.1) is 0 Å². The first-order chi connectivity index (χ1) is 9.41. The first kappa shape index (κ1) is 15.3. The number of nitrogens with zero attached hydrogens (tertiary/aromatic N) is 2. The normalized spacial score (nSPS) is 23.6. The molecule has 0 atom stereocenters. The fraction of sp³-hybridized carbons (Fsp3) is 0.706. The molecule has 1 heterocycles. The average molecular weight is 275 g/mol. The Morgan fingerprint density at radius 3 is 2.25 bits per heavy atom. The molecule has 0 saturated heterocycles. The van der Waals surface area contributed by atoms with Gasteiger partial charge in [0, 0.05) is 25.3 Å². The number of anilines is 1. The number of rotatable bonds is 3. The smallest absolute Gasteiger partial charge is 0.128 e. The molecule has 0 radical (unpaired) electrons. The van der Waals surface area contributed by atoms with E-state index in [4.69, 9.17) is 0 Å². The number of aromatic nitrogens is 1. The van der Waals surface area contributed by atoms with Crippen LogP contribution in [0.5, 0.6) is 0 Å². The van der Waals surface area contributed by atoms with Crippen LogP contribution >= 0.6 is 0 Å². The van der Waals surface area contributed by atoms with Gasteiger partial charge in [-0.2, -0.15) is 0 Å². The first-order valence-corrected chi connectivity index (χ1v) is 7.78. The van der Waals surface area contributed by atoms with E-state index in [1.807, 2.05) is 6.20 Å². The van der Waals surface area contributed by atoms with Crippen LogP contribution in [-0.2, 0) is 5.41 Å². The van der Waals surface area contributed by atoms with Gasteiger partial charge in [0.05, 0.1) is 0 Å². The zero-order valence-corrected chi connectivity index (χ0v) is 13.6. The molecule has 0 aromatic carbocycles. The van der Waals surface area contributed by atoms with Crippen molar-refractivity contribution in [3.8, 4) is 0 Å². The van der Waals surface area contributed by atoms with E-state index >= 15 is 0 Å². The van der Waals surface area contributed by atoms with Crippen molar-refractivity contribution < 1.29 is 0 Å². The predicted molar refractivity (Wildman–Crippen MR) is 86.4 cm³/mol. The van der Waals surface area contributed by atoms with Crippen molar-refractivity contribution in [1.29, 1.82) is 0 Å². The zero-order chi connectivity index (χ0) is 14.8. The Kier molecular flexibility index (Phi) is 4.69. The van der Waals surface area contributed by atoms with Gasteiger partial charge >= 0.3 is 0 Å². The highest BCUT2D eigenvalue weighted by Crippen LogP contribution is 2.27. The monoisotopic (exact) mass is 275 g/mol. The van der Waals surface area contributed by atoms with Crippen LogP contribution in [0.3, 0.4) is 0 Å².